The van der Waals surface area contributed by atoms with Crippen LogP contribution in [0.15, 0.2) is 78.9 Å². The fourth-order valence-electron chi connectivity index (χ4n) is 2.73. The smallest absolute Gasteiger partial charge is 0.231 e. The summed E-state index contributed by atoms with van der Waals surface area (Å²) in [4.78, 5) is 12.3. The number of rotatable bonds is 6. The second-order valence-corrected chi connectivity index (χ2v) is 6.11. The van der Waals surface area contributed by atoms with Gasteiger partial charge in [0, 0.05) is 5.56 Å². The van der Waals surface area contributed by atoms with Crippen LogP contribution in [-0.2, 0) is 6.61 Å². The van der Waals surface area contributed by atoms with Gasteiger partial charge in [0.25, 0.3) is 0 Å². The van der Waals surface area contributed by atoms with Gasteiger partial charge in [0.2, 0.25) is 6.79 Å². The summed E-state index contributed by atoms with van der Waals surface area (Å²) in [5, 5.41) is 0. The highest BCUT2D eigenvalue weighted by molar-refractivity contribution is 6.07. The Hall–Kier alpha value is -3.53. The van der Waals surface area contributed by atoms with Crippen molar-refractivity contribution in [2.75, 3.05) is 6.79 Å². The van der Waals surface area contributed by atoms with Crippen molar-refractivity contribution in [1.82, 2.24) is 0 Å². The molecule has 4 heteroatoms. The van der Waals surface area contributed by atoms with E-state index in [2.05, 4.69) is 0 Å². The van der Waals surface area contributed by atoms with Crippen molar-refractivity contribution in [2.24, 2.45) is 0 Å². The first-order chi connectivity index (χ1) is 13.3. The van der Waals surface area contributed by atoms with Crippen LogP contribution in [-0.4, -0.2) is 12.6 Å². The number of carbonyl (C=O) groups is 1. The summed E-state index contributed by atoms with van der Waals surface area (Å²) in [6.07, 6.45) is 3.34. The van der Waals surface area contributed by atoms with E-state index < -0.39 is 0 Å². The summed E-state index contributed by atoms with van der Waals surface area (Å²) < 4.78 is 16.3. The van der Waals surface area contributed by atoms with Gasteiger partial charge in [-0.15, -0.1) is 0 Å². The molecule has 0 spiro atoms. The van der Waals surface area contributed by atoms with E-state index in [4.69, 9.17) is 14.2 Å². The highest BCUT2D eigenvalue weighted by Gasteiger charge is 2.15. The zero-order chi connectivity index (χ0) is 18.5. The van der Waals surface area contributed by atoms with E-state index in [1.807, 2.05) is 54.6 Å². The minimum atomic E-state index is -0.0855. The molecule has 3 aromatic rings. The maximum atomic E-state index is 12.3. The molecule has 0 saturated carbocycles. The minimum Gasteiger partial charge on any atom is -0.489 e. The predicted octanol–water partition coefficient (Wildman–Crippen LogP) is 4.89. The first-order valence-electron chi connectivity index (χ1n) is 8.67. The molecule has 0 aliphatic carbocycles. The molecule has 0 N–H and O–H groups in total. The SMILES string of the molecule is O=C(/C=C/c1ccc(OCc2ccccc2)cc1)c1ccc2c(c1)OCO2. The van der Waals surface area contributed by atoms with Crippen molar-refractivity contribution in [3.63, 3.8) is 0 Å². The summed E-state index contributed by atoms with van der Waals surface area (Å²) in [5.41, 5.74) is 2.62. The van der Waals surface area contributed by atoms with Gasteiger partial charge in [-0.2, -0.15) is 0 Å². The topological polar surface area (TPSA) is 44.8 Å². The third-order valence-electron chi connectivity index (χ3n) is 4.21. The van der Waals surface area contributed by atoms with Crippen LogP contribution < -0.4 is 14.2 Å². The van der Waals surface area contributed by atoms with Crippen LogP contribution in [0, 0.1) is 0 Å². The van der Waals surface area contributed by atoms with E-state index in [9.17, 15) is 4.79 Å². The molecule has 27 heavy (non-hydrogen) atoms. The zero-order valence-corrected chi connectivity index (χ0v) is 14.6. The Morgan fingerprint density at radius 3 is 2.52 bits per heavy atom. The van der Waals surface area contributed by atoms with Crippen molar-refractivity contribution in [2.45, 2.75) is 6.61 Å². The lowest BCUT2D eigenvalue weighted by atomic mass is 10.1. The molecule has 0 radical (unpaired) electrons. The number of carbonyl (C=O) groups excluding carboxylic acids is 1. The predicted molar refractivity (Wildman–Crippen MR) is 103 cm³/mol. The van der Waals surface area contributed by atoms with Gasteiger partial charge in [-0.05, 0) is 47.5 Å². The monoisotopic (exact) mass is 358 g/mol. The Labute approximate surface area is 157 Å². The standard InChI is InChI=1S/C23H18O4/c24-21(19-9-13-22-23(14-19)27-16-26-22)12-8-17-6-10-20(11-7-17)25-15-18-4-2-1-3-5-18/h1-14H,15-16H2/b12-8+. The number of hydrogen-bond donors (Lipinski definition) is 0. The molecule has 3 aromatic carbocycles. The number of allylic oxidation sites excluding steroid dienone is 1. The van der Waals surface area contributed by atoms with Crippen LogP contribution >= 0.6 is 0 Å². The quantitative estimate of drug-likeness (QED) is 0.465. The molecule has 0 unspecified atom stereocenters. The lowest BCUT2D eigenvalue weighted by Crippen LogP contribution is -1.95. The highest BCUT2D eigenvalue weighted by Crippen LogP contribution is 2.32. The molecule has 0 bridgehead atoms. The maximum absolute atomic E-state index is 12.3. The van der Waals surface area contributed by atoms with Crippen molar-refractivity contribution in [3.8, 4) is 17.2 Å². The fraction of sp³-hybridized carbons (Fsp3) is 0.0870. The van der Waals surface area contributed by atoms with Gasteiger partial charge in [-0.3, -0.25) is 4.79 Å². The third-order valence-corrected chi connectivity index (χ3v) is 4.21. The Bertz CT molecular complexity index is 959. The molecule has 0 fully saturated rings. The molecule has 1 aliphatic rings. The Morgan fingerprint density at radius 1 is 0.926 bits per heavy atom. The molecule has 4 nitrogen and oxygen atoms in total. The molecule has 0 aromatic heterocycles. The minimum absolute atomic E-state index is 0.0855. The Morgan fingerprint density at radius 2 is 1.70 bits per heavy atom. The normalized spacial score (nSPS) is 12.3. The molecule has 134 valence electrons. The van der Waals surface area contributed by atoms with Crippen LogP contribution in [0.3, 0.4) is 0 Å². The van der Waals surface area contributed by atoms with Crippen LogP contribution in [0.5, 0.6) is 17.2 Å². The van der Waals surface area contributed by atoms with Crippen LogP contribution in [0.25, 0.3) is 6.08 Å². The molecule has 0 atom stereocenters. The molecule has 4 rings (SSSR count). The zero-order valence-electron chi connectivity index (χ0n) is 14.6. The summed E-state index contributed by atoms with van der Waals surface area (Å²) in [5.74, 6) is 1.98. The fourth-order valence-corrected chi connectivity index (χ4v) is 2.73. The van der Waals surface area contributed by atoms with Gasteiger partial charge in [0.05, 0.1) is 0 Å². The number of fused-ring (bicyclic) bond motifs is 1. The van der Waals surface area contributed by atoms with Gasteiger partial charge >= 0.3 is 0 Å². The number of benzene rings is 3. The molecule has 1 aliphatic heterocycles. The van der Waals surface area contributed by atoms with Gasteiger partial charge < -0.3 is 14.2 Å². The van der Waals surface area contributed by atoms with Crippen LogP contribution in [0.4, 0.5) is 0 Å². The Balaban J connectivity index is 1.37. The summed E-state index contributed by atoms with van der Waals surface area (Å²) in [6, 6.07) is 22.8. The van der Waals surface area contributed by atoms with E-state index in [-0.39, 0.29) is 12.6 Å². The van der Waals surface area contributed by atoms with Crippen molar-refractivity contribution >= 4 is 11.9 Å². The second kappa shape index (κ2) is 7.79. The van der Waals surface area contributed by atoms with Crippen LogP contribution in [0.1, 0.15) is 21.5 Å². The summed E-state index contributed by atoms with van der Waals surface area (Å²) in [6.45, 7) is 0.722. The average Bonchev–Trinajstić information content (AvgIpc) is 3.20. The number of hydrogen-bond acceptors (Lipinski definition) is 4. The van der Waals surface area contributed by atoms with Gasteiger partial charge in [-0.1, -0.05) is 48.5 Å². The highest BCUT2D eigenvalue weighted by atomic mass is 16.7. The van der Waals surface area contributed by atoms with Gasteiger partial charge in [0.15, 0.2) is 17.3 Å². The van der Waals surface area contributed by atoms with Crippen LogP contribution in [0.2, 0.25) is 0 Å². The first kappa shape index (κ1) is 16.9. The second-order valence-electron chi connectivity index (χ2n) is 6.11. The summed E-state index contributed by atoms with van der Waals surface area (Å²) in [7, 11) is 0. The maximum Gasteiger partial charge on any atom is 0.231 e. The number of ketones is 1. The van der Waals surface area contributed by atoms with Gasteiger partial charge in [0.1, 0.15) is 12.4 Å². The molecule has 0 amide bonds. The molecular weight excluding hydrogens is 340 g/mol. The molecule has 0 saturated heterocycles. The number of ether oxygens (including phenoxy) is 3. The first-order valence-corrected chi connectivity index (χ1v) is 8.67. The van der Waals surface area contributed by atoms with E-state index in [0.29, 0.717) is 23.7 Å². The van der Waals surface area contributed by atoms with Crippen molar-refractivity contribution < 1.29 is 19.0 Å². The lowest BCUT2D eigenvalue weighted by molar-refractivity contribution is 0.104. The molecular formula is C23H18O4. The van der Waals surface area contributed by atoms with Crippen molar-refractivity contribution in [3.05, 3.63) is 95.6 Å². The van der Waals surface area contributed by atoms with Gasteiger partial charge in [-0.25, -0.2) is 0 Å². The lowest BCUT2D eigenvalue weighted by Gasteiger charge is -2.06. The van der Waals surface area contributed by atoms with E-state index in [1.165, 1.54) is 0 Å². The van der Waals surface area contributed by atoms with E-state index >= 15 is 0 Å². The Kier molecular flexibility index (Phi) is 4.88. The van der Waals surface area contributed by atoms with Crippen molar-refractivity contribution in [1.29, 1.82) is 0 Å². The van der Waals surface area contributed by atoms with E-state index in [1.54, 1.807) is 30.4 Å². The van der Waals surface area contributed by atoms with E-state index in [0.717, 1.165) is 16.9 Å². The largest absolute Gasteiger partial charge is 0.489 e. The summed E-state index contributed by atoms with van der Waals surface area (Å²) >= 11 is 0. The molecule has 1 heterocycles. The average molecular weight is 358 g/mol. The third kappa shape index (κ3) is 4.18.